The standard InChI is InChI=1S/C15H25NO2/c1-4-10-16-15(12-17-3)13-6-8-14(9-7-13)18-11-5-2/h6-9,15-16H,4-5,10-12H2,1-3H3. The number of hydrogen-bond acceptors (Lipinski definition) is 3. The summed E-state index contributed by atoms with van der Waals surface area (Å²) in [4.78, 5) is 0. The first-order chi connectivity index (χ1) is 8.81. The highest BCUT2D eigenvalue weighted by Gasteiger charge is 2.09. The molecule has 0 aliphatic carbocycles. The van der Waals surface area contributed by atoms with Gasteiger partial charge < -0.3 is 14.8 Å². The molecule has 0 heterocycles. The average Bonchev–Trinajstić information content (AvgIpc) is 2.42. The lowest BCUT2D eigenvalue weighted by molar-refractivity contribution is 0.167. The summed E-state index contributed by atoms with van der Waals surface area (Å²) in [6.45, 7) is 6.74. The minimum Gasteiger partial charge on any atom is -0.494 e. The van der Waals surface area contributed by atoms with Crippen molar-refractivity contribution < 1.29 is 9.47 Å². The lowest BCUT2D eigenvalue weighted by atomic mass is 10.1. The Morgan fingerprint density at radius 2 is 1.83 bits per heavy atom. The molecule has 18 heavy (non-hydrogen) atoms. The van der Waals surface area contributed by atoms with Crippen molar-refractivity contribution in [3.05, 3.63) is 29.8 Å². The average molecular weight is 251 g/mol. The number of nitrogens with one attached hydrogen (secondary N) is 1. The zero-order valence-electron chi connectivity index (χ0n) is 11.7. The van der Waals surface area contributed by atoms with Crippen LogP contribution in [0.2, 0.25) is 0 Å². The van der Waals surface area contributed by atoms with E-state index in [1.54, 1.807) is 7.11 Å². The zero-order chi connectivity index (χ0) is 13.2. The van der Waals surface area contributed by atoms with E-state index in [9.17, 15) is 0 Å². The van der Waals surface area contributed by atoms with Gasteiger partial charge in [0, 0.05) is 7.11 Å². The molecule has 0 bridgehead atoms. The Bertz CT molecular complexity index is 311. The minimum absolute atomic E-state index is 0.259. The highest BCUT2D eigenvalue weighted by molar-refractivity contribution is 5.29. The smallest absolute Gasteiger partial charge is 0.119 e. The molecule has 0 amide bonds. The Kier molecular flexibility index (Phi) is 7.46. The van der Waals surface area contributed by atoms with Crippen LogP contribution >= 0.6 is 0 Å². The predicted molar refractivity (Wildman–Crippen MR) is 75.1 cm³/mol. The van der Waals surface area contributed by atoms with Crippen molar-refractivity contribution in [2.24, 2.45) is 0 Å². The van der Waals surface area contributed by atoms with Gasteiger partial charge in [0.1, 0.15) is 5.75 Å². The van der Waals surface area contributed by atoms with E-state index in [0.717, 1.165) is 31.7 Å². The molecule has 3 heteroatoms. The van der Waals surface area contributed by atoms with E-state index >= 15 is 0 Å². The van der Waals surface area contributed by atoms with Crippen LogP contribution in [0, 0.1) is 0 Å². The fraction of sp³-hybridized carbons (Fsp3) is 0.600. The van der Waals surface area contributed by atoms with E-state index in [2.05, 4.69) is 31.3 Å². The van der Waals surface area contributed by atoms with Crippen molar-refractivity contribution in [3.63, 3.8) is 0 Å². The molecule has 0 saturated heterocycles. The maximum absolute atomic E-state index is 5.58. The molecule has 0 aliphatic heterocycles. The van der Waals surface area contributed by atoms with Gasteiger partial charge in [0.2, 0.25) is 0 Å². The molecule has 0 spiro atoms. The quantitative estimate of drug-likeness (QED) is 0.731. The molecule has 1 unspecified atom stereocenters. The normalized spacial score (nSPS) is 12.4. The monoisotopic (exact) mass is 251 g/mol. The Balaban J connectivity index is 2.61. The van der Waals surface area contributed by atoms with Crippen molar-refractivity contribution in [1.82, 2.24) is 5.32 Å². The molecule has 0 fully saturated rings. The predicted octanol–water partition coefficient (Wildman–Crippen LogP) is 3.16. The summed E-state index contributed by atoms with van der Waals surface area (Å²) in [5.41, 5.74) is 1.24. The van der Waals surface area contributed by atoms with Crippen LogP contribution in [-0.4, -0.2) is 26.9 Å². The van der Waals surface area contributed by atoms with Crippen LogP contribution in [-0.2, 0) is 4.74 Å². The molecular weight excluding hydrogens is 226 g/mol. The van der Waals surface area contributed by atoms with E-state index < -0.39 is 0 Å². The molecule has 3 nitrogen and oxygen atoms in total. The maximum Gasteiger partial charge on any atom is 0.119 e. The van der Waals surface area contributed by atoms with Crippen LogP contribution in [0.4, 0.5) is 0 Å². The van der Waals surface area contributed by atoms with Crippen LogP contribution in [0.15, 0.2) is 24.3 Å². The van der Waals surface area contributed by atoms with E-state index in [-0.39, 0.29) is 6.04 Å². The van der Waals surface area contributed by atoms with Crippen LogP contribution in [0.3, 0.4) is 0 Å². The van der Waals surface area contributed by atoms with Crippen molar-refractivity contribution in [2.75, 3.05) is 26.9 Å². The van der Waals surface area contributed by atoms with Gasteiger partial charge in [-0.1, -0.05) is 26.0 Å². The fourth-order valence-corrected chi connectivity index (χ4v) is 1.77. The number of methoxy groups -OCH3 is 1. The Morgan fingerprint density at radius 1 is 1.11 bits per heavy atom. The van der Waals surface area contributed by atoms with Crippen molar-refractivity contribution in [2.45, 2.75) is 32.7 Å². The van der Waals surface area contributed by atoms with Gasteiger partial charge in [0.15, 0.2) is 0 Å². The third kappa shape index (κ3) is 5.07. The second-order valence-electron chi connectivity index (χ2n) is 4.38. The van der Waals surface area contributed by atoms with Gasteiger partial charge in [-0.15, -0.1) is 0 Å². The number of benzene rings is 1. The first-order valence-electron chi connectivity index (χ1n) is 6.76. The molecule has 102 valence electrons. The van der Waals surface area contributed by atoms with Gasteiger partial charge in [0.05, 0.1) is 19.3 Å². The first kappa shape index (κ1) is 15.0. The summed E-state index contributed by atoms with van der Waals surface area (Å²) >= 11 is 0. The SMILES string of the molecule is CCCNC(COC)c1ccc(OCCC)cc1. The molecular formula is C15H25NO2. The molecule has 0 radical (unpaired) electrons. The largest absolute Gasteiger partial charge is 0.494 e. The second-order valence-corrected chi connectivity index (χ2v) is 4.38. The summed E-state index contributed by atoms with van der Waals surface area (Å²) in [5, 5.41) is 3.48. The highest BCUT2D eigenvalue weighted by Crippen LogP contribution is 2.18. The number of ether oxygens (including phenoxy) is 2. The minimum atomic E-state index is 0.259. The summed E-state index contributed by atoms with van der Waals surface area (Å²) in [7, 11) is 1.74. The number of rotatable bonds is 9. The second kappa shape index (κ2) is 8.95. The third-order valence-electron chi connectivity index (χ3n) is 2.73. The highest BCUT2D eigenvalue weighted by atomic mass is 16.5. The molecule has 1 aromatic rings. The van der Waals surface area contributed by atoms with Gasteiger partial charge in [-0.3, -0.25) is 0 Å². The van der Waals surface area contributed by atoms with Gasteiger partial charge in [0.25, 0.3) is 0 Å². The van der Waals surface area contributed by atoms with E-state index in [4.69, 9.17) is 9.47 Å². The van der Waals surface area contributed by atoms with Crippen molar-refractivity contribution in [1.29, 1.82) is 0 Å². The van der Waals surface area contributed by atoms with Crippen molar-refractivity contribution >= 4 is 0 Å². The van der Waals surface area contributed by atoms with Crippen LogP contribution in [0.25, 0.3) is 0 Å². The lowest BCUT2D eigenvalue weighted by Gasteiger charge is -2.18. The zero-order valence-corrected chi connectivity index (χ0v) is 11.7. The molecule has 0 saturated carbocycles. The topological polar surface area (TPSA) is 30.5 Å². The summed E-state index contributed by atoms with van der Waals surface area (Å²) in [5.74, 6) is 0.937. The third-order valence-corrected chi connectivity index (χ3v) is 2.73. The van der Waals surface area contributed by atoms with Gasteiger partial charge >= 0.3 is 0 Å². The lowest BCUT2D eigenvalue weighted by Crippen LogP contribution is -2.25. The number of hydrogen-bond donors (Lipinski definition) is 1. The van der Waals surface area contributed by atoms with Gasteiger partial charge in [-0.25, -0.2) is 0 Å². The van der Waals surface area contributed by atoms with Gasteiger partial charge in [-0.05, 0) is 37.1 Å². The Hall–Kier alpha value is -1.06. The molecule has 0 aromatic heterocycles. The summed E-state index contributed by atoms with van der Waals surface area (Å²) < 4.78 is 10.8. The summed E-state index contributed by atoms with van der Waals surface area (Å²) in [6.07, 6.45) is 2.16. The van der Waals surface area contributed by atoms with E-state index in [1.165, 1.54) is 5.56 Å². The molecule has 1 atom stereocenters. The maximum atomic E-state index is 5.58. The van der Waals surface area contributed by atoms with Crippen LogP contribution in [0.5, 0.6) is 5.75 Å². The first-order valence-corrected chi connectivity index (χ1v) is 6.76. The van der Waals surface area contributed by atoms with E-state index in [1.807, 2.05) is 12.1 Å². The molecule has 0 aliphatic rings. The Labute approximate surface area is 110 Å². The van der Waals surface area contributed by atoms with E-state index in [0.29, 0.717) is 6.61 Å². The van der Waals surface area contributed by atoms with Crippen LogP contribution in [0.1, 0.15) is 38.3 Å². The molecule has 1 rings (SSSR count). The van der Waals surface area contributed by atoms with Gasteiger partial charge in [-0.2, -0.15) is 0 Å². The Morgan fingerprint density at radius 3 is 2.39 bits per heavy atom. The van der Waals surface area contributed by atoms with Crippen molar-refractivity contribution in [3.8, 4) is 5.75 Å². The summed E-state index contributed by atoms with van der Waals surface area (Å²) in [6, 6.07) is 8.53. The van der Waals surface area contributed by atoms with Crippen LogP contribution < -0.4 is 10.1 Å². The molecule has 1 aromatic carbocycles. The fourth-order valence-electron chi connectivity index (χ4n) is 1.77. The molecule has 1 N–H and O–H groups in total.